The summed E-state index contributed by atoms with van der Waals surface area (Å²) < 4.78 is 42.8. The van der Waals surface area contributed by atoms with Crippen molar-refractivity contribution in [1.29, 1.82) is 0 Å². The number of halogens is 1. The molecule has 0 unspecified atom stereocenters. The molecule has 1 N–H and O–H groups in total. The molecule has 0 fully saturated rings. The van der Waals surface area contributed by atoms with Crippen LogP contribution in [-0.4, -0.2) is 19.2 Å². The predicted molar refractivity (Wildman–Crippen MR) is 98.0 cm³/mol. The smallest absolute Gasteiger partial charge is 0.262 e. The molecule has 0 atom stereocenters. The van der Waals surface area contributed by atoms with Gasteiger partial charge in [0.1, 0.15) is 5.82 Å². The fourth-order valence-corrected chi connectivity index (χ4v) is 5.54. The molecule has 0 bridgehead atoms. The third-order valence-corrected chi connectivity index (χ3v) is 6.90. The summed E-state index contributed by atoms with van der Waals surface area (Å²) in [4.78, 5) is 4.42. The summed E-state index contributed by atoms with van der Waals surface area (Å²) in [5, 5.41) is 0. The van der Waals surface area contributed by atoms with E-state index in [-0.39, 0.29) is 4.90 Å². The molecule has 0 aliphatic heterocycles. The summed E-state index contributed by atoms with van der Waals surface area (Å²) in [5.41, 5.74) is 1.76. The zero-order chi connectivity index (χ0) is 17.3. The summed E-state index contributed by atoms with van der Waals surface area (Å²) in [6.45, 7) is 3.69. The Bertz CT molecular complexity index is 1000. The molecular weight excluding hydrogens is 367 g/mol. The summed E-state index contributed by atoms with van der Waals surface area (Å²) in [6.07, 6.45) is 0. The highest BCUT2D eigenvalue weighted by molar-refractivity contribution is 8.01. The molecule has 0 saturated carbocycles. The maximum atomic E-state index is 13.4. The molecule has 4 nitrogen and oxygen atoms in total. The second kappa shape index (κ2) is 6.70. The molecule has 24 heavy (non-hydrogen) atoms. The molecule has 1 aromatic heterocycles. The van der Waals surface area contributed by atoms with Crippen LogP contribution in [0.15, 0.2) is 45.6 Å². The number of rotatable bonds is 5. The zero-order valence-electron chi connectivity index (χ0n) is 13.0. The Kier molecular flexibility index (Phi) is 4.80. The molecule has 8 heteroatoms. The van der Waals surface area contributed by atoms with Gasteiger partial charge in [-0.1, -0.05) is 24.8 Å². The lowest BCUT2D eigenvalue weighted by Crippen LogP contribution is -2.14. The van der Waals surface area contributed by atoms with Crippen molar-refractivity contribution < 1.29 is 12.8 Å². The normalized spacial score (nSPS) is 11.8. The van der Waals surface area contributed by atoms with Crippen molar-refractivity contribution in [3.8, 4) is 0 Å². The molecule has 126 valence electrons. The van der Waals surface area contributed by atoms with E-state index in [1.807, 2.05) is 0 Å². The molecular formula is C16H15FN2O2S3. The largest absolute Gasteiger partial charge is 0.280 e. The van der Waals surface area contributed by atoms with E-state index >= 15 is 0 Å². The van der Waals surface area contributed by atoms with Crippen molar-refractivity contribution in [1.82, 2.24) is 4.98 Å². The number of aryl methyl sites for hydroxylation is 1. The van der Waals surface area contributed by atoms with Gasteiger partial charge in [-0.05, 0) is 48.6 Å². The maximum absolute atomic E-state index is 13.4. The van der Waals surface area contributed by atoms with Crippen LogP contribution in [0.1, 0.15) is 12.5 Å². The summed E-state index contributed by atoms with van der Waals surface area (Å²) in [5.74, 6) is 0.346. The lowest BCUT2D eigenvalue weighted by molar-refractivity contribution is 0.594. The third-order valence-electron chi connectivity index (χ3n) is 3.33. The molecule has 0 aliphatic carbocycles. The van der Waals surface area contributed by atoms with Crippen molar-refractivity contribution >= 4 is 49.0 Å². The van der Waals surface area contributed by atoms with E-state index in [0.717, 1.165) is 26.4 Å². The lowest BCUT2D eigenvalue weighted by atomic mass is 10.2. The molecule has 1 heterocycles. The number of nitrogens with one attached hydrogen (secondary N) is 1. The second-order valence-electron chi connectivity index (χ2n) is 5.11. The first-order chi connectivity index (χ1) is 11.4. The highest BCUT2D eigenvalue weighted by Crippen LogP contribution is 2.31. The minimum atomic E-state index is -3.85. The van der Waals surface area contributed by atoms with E-state index in [2.05, 4.69) is 16.6 Å². The summed E-state index contributed by atoms with van der Waals surface area (Å²) in [7, 11) is -3.85. The van der Waals surface area contributed by atoms with E-state index in [4.69, 9.17) is 0 Å². The number of nitrogens with zero attached hydrogens (tertiary/aromatic N) is 1. The fourth-order valence-electron chi connectivity index (χ4n) is 2.23. The summed E-state index contributed by atoms with van der Waals surface area (Å²) in [6, 6.07) is 8.91. The van der Waals surface area contributed by atoms with Crippen LogP contribution in [0.3, 0.4) is 0 Å². The predicted octanol–water partition coefficient (Wildman–Crippen LogP) is 4.66. The van der Waals surface area contributed by atoms with Crippen LogP contribution in [-0.2, 0) is 10.0 Å². The van der Waals surface area contributed by atoms with Gasteiger partial charge in [0.05, 0.1) is 20.8 Å². The Labute approximate surface area is 148 Å². The van der Waals surface area contributed by atoms with Crippen LogP contribution in [0.25, 0.3) is 10.2 Å². The molecule has 0 spiro atoms. The first-order valence-electron chi connectivity index (χ1n) is 7.21. The number of hydrogen-bond donors (Lipinski definition) is 1. The van der Waals surface area contributed by atoms with Gasteiger partial charge in [0.15, 0.2) is 4.34 Å². The number of thioether (sulfide) groups is 1. The van der Waals surface area contributed by atoms with Crippen molar-refractivity contribution in [2.24, 2.45) is 0 Å². The Morgan fingerprint density at radius 3 is 2.79 bits per heavy atom. The van der Waals surface area contributed by atoms with Gasteiger partial charge in [-0.3, -0.25) is 4.72 Å². The first-order valence-corrected chi connectivity index (χ1v) is 10.5. The molecule has 0 aliphatic rings. The standard InChI is InChI=1S/C16H15FN2O2S3/c1-3-22-16-18-13-7-6-12(9-14(13)23-16)19-24(20,21)15-8-11(17)5-4-10(15)2/h4-9,19H,3H2,1-2H3. The van der Waals surface area contributed by atoms with Crippen molar-refractivity contribution in [2.45, 2.75) is 23.1 Å². The number of aromatic nitrogens is 1. The van der Waals surface area contributed by atoms with Crippen LogP contribution in [0.4, 0.5) is 10.1 Å². The average molecular weight is 383 g/mol. The van der Waals surface area contributed by atoms with Gasteiger partial charge in [-0.15, -0.1) is 11.3 Å². The van der Waals surface area contributed by atoms with E-state index in [9.17, 15) is 12.8 Å². The van der Waals surface area contributed by atoms with Crippen molar-refractivity contribution in [2.75, 3.05) is 10.5 Å². The fraction of sp³-hybridized carbons (Fsp3) is 0.188. The van der Waals surface area contributed by atoms with Gasteiger partial charge in [0.25, 0.3) is 10.0 Å². The monoisotopic (exact) mass is 382 g/mol. The Morgan fingerprint density at radius 2 is 2.04 bits per heavy atom. The minimum absolute atomic E-state index is 0.0610. The lowest BCUT2D eigenvalue weighted by Gasteiger charge is -2.10. The van der Waals surface area contributed by atoms with Crippen molar-refractivity contribution in [3.63, 3.8) is 0 Å². The highest BCUT2D eigenvalue weighted by Gasteiger charge is 2.18. The Balaban J connectivity index is 1.94. The van der Waals surface area contributed by atoms with E-state index < -0.39 is 15.8 Å². The van der Waals surface area contributed by atoms with Crippen molar-refractivity contribution in [3.05, 3.63) is 47.8 Å². The van der Waals surface area contributed by atoms with Crippen LogP contribution in [0.5, 0.6) is 0 Å². The number of benzene rings is 2. The van der Waals surface area contributed by atoms with Crippen LogP contribution >= 0.6 is 23.1 Å². The van der Waals surface area contributed by atoms with Gasteiger partial charge in [0, 0.05) is 0 Å². The van der Waals surface area contributed by atoms with E-state index in [1.165, 1.54) is 23.5 Å². The number of sulfonamides is 1. The van der Waals surface area contributed by atoms with Crippen LogP contribution < -0.4 is 4.72 Å². The molecule has 3 rings (SSSR count). The van der Waals surface area contributed by atoms with Gasteiger partial charge in [-0.25, -0.2) is 17.8 Å². The van der Waals surface area contributed by atoms with E-state index in [0.29, 0.717) is 11.3 Å². The number of anilines is 1. The zero-order valence-corrected chi connectivity index (χ0v) is 15.5. The van der Waals surface area contributed by atoms with Gasteiger partial charge >= 0.3 is 0 Å². The molecule has 0 saturated heterocycles. The number of hydrogen-bond acceptors (Lipinski definition) is 5. The Morgan fingerprint density at radius 1 is 1.25 bits per heavy atom. The minimum Gasteiger partial charge on any atom is -0.280 e. The number of fused-ring (bicyclic) bond motifs is 1. The molecule has 0 amide bonds. The number of thiazole rings is 1. The van der Waals surface area contributed by atoms with Gasteiger partial charge in [-0.2, -0.15) is 0 Å². The first kappa shape index (κ1) is 17.2. The highest BCUT2D eigenvalue weighted by atomic mass is 32.2. The third kappa shape index (κ3) is 3.55. The summed E-state index contributed by atoms with van der Waals surface area (Å²) >= 11 is 3.17. The second-order valence-corrected chi connectivity index (χ2v) is 9.30. The molecule has 2 aromatic carbocycles. The van der Waals surface area contributed by atoms with Crippen LogP contribution in [0.2, 0.25) is 0 Å². The SMILES string of the molecule is CCSc1nc2ccc(NS(=O)(=O)c3cc(F)ccc3C)cc2s1. The van der Waals surface area contributed by atoms with Crippen LogP contribution in [0, 0.1) is 12.7 Å². The molecule has 3 aromatic rings. The van der Waals surface area contributed by atoms with Gasteiger partial charge in [0.2, 0.25) is 0 Å². The van der Waals surface area contributed by atoms with Gasteiger partial charge < -0.3 is 0 Å². The maximum Gasteiger partial charge on any atom is 0.262 e. The Hall–Kier alpha value is -1.64. The average Bonchev–Trinajstić information content (AvgIpc) is 2.91. The molecule has 0 radical (unpaired) electrons. The topological polar surface area (TPSA) is 59.1 Å². The quantitative estimate of drug-likeness (QED) is 0.652. The van der Waals surface area contributed by atoms with E-state index in [1.54, 1.807) is 36.9 Å².